The van der Waals surface area contributed by atoms with Crippen molar-refractivity contribution in [3.05, 3.63) is 45.8 Å². The number of aromatic nitrogens is 1. The van der Waals surface area contributed by atoms with Gasteiger partial charge in [-0.05, 0) is 30.7 Å². The number of rotatable bonds is 8. The van der Waals surface area contributed by atoms with Crippen LogP contribution in [0.4, 0.5) is 13.2 Å². The second kappa shape index (κ2) is 8.51. The van der Waals surface area contributed by atoms with Gasteiger partial charge >= 0.3 is 6.18 Å². The molecule has 1 N–H and O–H groups in total. The van der Waals surface area contributed by atoms with Crippen molar-refractivity contribution in [2.24, 2.45) is 0 Å². The van der Waals surface area contributed by atoms with Gasteiger partial charge in [0.25, 0.3) is 0 Å². The molecule has 0 aliphatic heterocycles. The van der Waals surface area contributed by atoms with E-state index in [2.05, 4.69) is 9.71 Å². The molecular weight excluding hydrogens is 409 g/mol. The summed E-state index contributed by atoms with van der Waals surface area (Å²) in [4.78, 5) is 17.2. The summed E-state index contributed by atoms with van der Waals surface area (Å²) >= 11 is 2.33. The lowest BCUT2D eigenvalue weighted by Gasteiger charge is -2.06. The highest BCUT2D eigenvalue weighted by atomic mass is 32.2. The molecule has 2 aromatic heterocycles. The summed E-state index contributed by atoms with van der Waals surface area (Å²) < 4.78 is 61.8. The average Bonchev–Trinajstić information content (AvgIpc) is 3.00. The lowest BCUT2D eigenvalue weighted by molar-refractivity contribution is -0.137. The predicted molar refractivity (Wildman–Crippen MR) is 95.2 cm³/mol. The number of thioether (sulfide) groups is 1. The summed E-state index contributed by atoms with van der Waals surface area (Å²) in [5.41, 5.74) is -0.834. The number of halogens is 3. The number of ketones is 1. The molecule has 0 fully saturated rings. The minimum absolute atomic E-state index is 0.0555. The second-order valence-electron chi connectivity index (χ2n) is 5.28. The van der Waals surface area contributed by atoms with E-state index in [1.807, 2.05) is 0 Å². The number of hydrogen-bond acceptors (Lipinski definition) is 6. The van der Waals surface area contributed by atoms with Crippen LogP contribution in [-0.2, 0) is 22.6 Å². The van der Waals surface area contributed by atoms with Gasteiger partial charge in [0.15, 0.2) is 5.78 Å². The topological polar surface area (TPSA) is 76.1 Å². The lowest BCUT2D eigenvalue weighted by Crippen LogP contribution is -2.23. The van der Waals surface area contributed by atoms with Crippen LogP contribution in [0.15, 0.2) is 35.5 Å². The molecule has 0 saturated carbocycles. The average molecular weight is 424 g/mol. The fourth-order valence-electron chi connectivity index (χ4n) is 1.87. The molecule has 0 radical (unpaired) electrons. The SMILES string of the molecule is CS(=O)(=O)NCCc1ccc(C(=O)CSc2ccc(C(F)(F)F)cn2)s1. The molecule has 142 valence electrons. The Kier molecular flexibility index (Phi) is 6.83. The van der Waals surface area contributed by atoms with Crippen molar-refractivity contribution in [1.82, 2.24) is 9.71 Å². The fraction of sp³-hybridized carbons (Fsp3) is 0.333. The molecule has 0 aromatic carbocycles. The lowest BCUT2D eigenvalue weighted by atomic mass is 10.3. The normalized spacial score (nSPS) is 12.3. The molecule has 0 aliphatic carbocycles. The number of thiophene rings is 1. The van der Waals surface area contributed by atoms with E-state index >= 15 is 0 Å². The van der Waals surface area contributed by atoms with Gasteiger partial charge in [-0.3, -0.25) is 4.79 Å². The van der Waals surface area contributed by atoms with E-state index in [4.69, 9.17) is 0 Å². The molecule has 5 nitrogen and oxygen atoms in total. The van der Waals surface area contributed by atoms with Crippen molar-refractivity contribution in [3.63, 3.8) is 0 Å². The molecule has 2 rings (SSSR count). The van der Waals surface area contributed by atoms with Crippen LogP contribution in [0.2, 0.25) is 0 Å². The Morgan fingerprint density at radius 1 is 1.27 bits per heavy atom. The molecule has 0 unspecified atom stereocenters. The van der Waals surface area contributed by atoms with Gasteiger partial charge in [-0.15, -0.1) is 11.3 Å². The standard InChI is InChI=1S/C15H15F3N2O3S3/c1-26(22,23)20-7-6-11-3-4-13(25-11)12(21)9-24-14-5-2-10(8-19-14)15(16,17)18/h2-5,8,20H,6-7,9H2,1H3. The maximum atomic E-state index is 12.5. The smallest absolute Gasteiger partial charge is 0.292 e. The highest BCUT2D eigenvalue weighted by Gasteiger charge is 2.30. The molecule has 26 heavy (non-hydrogen) atoms. The third kappa shape index (κ3) is 6.71. The summed E-state index contributed by atoms with van der Waals surface area (Å²) in [5.74, 6) is -0.107. The largest absolute Gasteiger partial charge is 0.417 e. The van der Waals surface area contributed by atoms with E-state index in [0.29, 0.717) is 16.3 Å². The van der Waals surface area contributed by atoms with E-state index in [1.54, 1.807) is 12.1 Å². The molecule has 0 atom stereocenters. The van der Waals surface area contributed by atoms with Crippen LogP contribution in [0, 0.1) is 0 Å². The first-order valence-corrected chi connectivity index (χ1v) is 11.0. The number of hydrogen-bond donors (Lipinski definition) is 1. The fourth-order valence-corrected chi connectivity index (χ4v) is 4.10. The Morgan fingerprint density at radius 3 is 2.58 bits per heavy atom. The Labute approximate surface area is 157 Å². The molecular formula is C15H15F3N2O3S3. The Bertz CT molecular complexity index is 862. The van der Waals surface area contributed by atoms with Crippen LogP contribution in [0.25, 0.3) is 0 Å². The number of nitrogens with zero attached hydrogens (tertiary/aromatic N) is 1. The van der Waals surface area contributed by atoms with Crippen LogP contribution < -0.4 is 4.72 Å². The van der Waals surface area contributed by atoms with Crippen molar-refractivity contribution in [3.8, 4) is 0 Å². The summed E-state index contributed by atoms with van der Waals surface area (Å²) in [7, 11) is -3.25. The first kappa shape index (κ1) is 20.9. The molecule has 0 amide bonds. The van der Waals surface area contributed by atoms with Gasteiger partial charge in [0, 0.05) is 17.6 Å². The zero-order valence-corrected chi connectivity index (χ0v) is 16.0. The number of carbonyl (C=O) groups is 1. The second-order valence-corrected chi connectivity index (χ2v) is 9.27. The Balaban J connectivity index is 1.86. The molecule has 0 aliphatic rings. The highest BCUT2D eigenvalue weighted by molar-refractivity contribution is 8.00. The Hall–Kier alpha value is -1.43. The minimum atomic E-state index is -4.44. The van der Waals surface area contributed by atoms with Crippen molar-refractivity contribution in [2.45, 2.75) is 17.6 Å². The summed E-state index contributed by atoms with van der Waals surface area (Å²) in [6, 6.07) is 5.57. The predicted octanol–water partition coefficient (Wildman–Crippen LogP) is 3.23. The zero-order valence-electron chi connectivity index (χ0n) is 13.5. The first-order valence-electron chi connectivity index (χ1n) is 7.27. The Morgan fingerprint density at radius 2 is 2.00 bits per heavy atom. The van der Waals surface area contributed by atoms with E-state index < -0.39 is 21.8 Å². The first-order chi connectivity index (χ1) is 12.0. The quantitative estimate of drug-likeness (QED) is 0.520. The van der Waals surface area contributed by atoms with Crippen LogP contribution in [0.1, 0.15) is 20.1 Å². The van der Waals surface area contributed by atoms with Crippen LogP contribution in [0.5, 0.6) is 0 Å². The number of pyridine rings is 1. The minimum Gasteiger partial charge on any atom is -0.292 e. The van der Waals surface area contributed by atoms with Gasteiger partial charge in [-0.25, -0.2) is 18.1 Å². The highest BCUT2D eigenvalue weighted by Crippen LogP contribution is 2.29. The molecule has 0 bridgehead atoms. The number of nitrogens with one attached hydrogen (secondary N) is 1. The number of carbonyl (C=O) groups excluding carboxylic acids is 1. The van der Waals surface area contributed by atoms with Gasteiger partial charge in [0.05, 0.1) is 27.5 Å². The molecule has 11 heteroatoms. The summed E-state index contributed by atoms with van der Waals surface area (Å²) in [5, 5.41) is 0.334. The van der Waals surface area contributed by atoms with Crippen molar-refractivity contribution in [2.75, 3.05) is 18.6 Å². The molecule has 0 saturated heterocycles. The third-order valence-corrected chi connectivity index (χ3v) is 5.95. The van der Waals surface area contributed by atoms with Gasteiger partial charge in [-0.1, -0.05) is 11.8 Å². The van der Waals surface area contributed by atoms with E-state index in [-0.39, 0.29) is 18.1 Å². The van der Waals surface area contributed by atoms with E-state index in [9.17, 15) is 26.4 Å². The van der Waals surface area contributed by atoms with Gasteiger partial charge < -0.3 is 0 Å². The van der Waals surface area contributed by atoms with Crippen molar-refractivity contribution < 1.29 is 26.4 Å². The maximum Gasteiger partial charge on any atom is 0.417 e. The maximum absolute atomic E-state index is 12.5. The van der Waals surface area contributed by atoms with Crippen molar-refractivity contribution >= 4 is 38.9 Å². The summed E-state index contributed by atoms with van der Waals surface area (Å²) in [6.45, 7) is 0.247. The van der Waals surface area contributed by atoms with Crippen LogP contribution in [-0.4, -0.2) is 37.7 Å². The molecule has 2 aromatic rings. The van der Waals surface area contributed by atoms with Crippen LogP contribution >= 0.6 is 23.1 Å². The van der Waals surface area contributed by atoms with Crippen molar-refractivity contribution in [1.29, 1.82) is 0 Å². The van der Waals surface area contributed by atoms with E-state index in [0.717, 1.165) is 35.2 Å². The monoisotopic (exact) mass is 424 g/mol. The number of sulfonamides is 1. The van der Waals surface area contributed by atoms with Gasteiger partial charge in [0.2, 0.25) is 10.0 Å². The number of alkyl halides is 3. The van der Waals surface area contributed by atoms with E-state index in [1.165, 1.54) is 17.4 Å². The third-order valence-electron chi connectivity index (χ3n) is 3.09. The van der Waals surface area contributed by atoms with Gasteiger partial charge in [0.1, 0.15) is 0 Å². The van der Waals surface area contributed by atoms with Gasteiger partial charge in [-0.2, -0.15) is 13.2 Å². The summed E-state index contributed by atoms with van der Waals surface area (Å²) in [6.07, 6.45) is -2.16. The molecule has 0 spiro atoms. The van der Waals surface area contributed by atoms with Crippen LogP contribution in [0.3, 0.4) is 0 Å². The number of Topliss-reactive ketones (excluding diaryl/α,β-unsaturated/α-hetero) is 1. The zero-order chi connectivity index (χ0) is 19.4. The molecule has 2 heterocycles.